The lowest BCUT2D eigenvalue weighted by Gasteiger charge is -2.28. The molecule has 69 heavy (non-hydrogen) atoms. The second-order valence-corrected chi connectivity index (χ2v) is 21.7. The molecule has 5 heteroatoms. The van der Waals surface area contributed by atoms with E-state index in [1.165, 1.54) is 5.56 Å². The van der Waals surface area contributed by atoms with Gasteiger partial charge in [-0.25, -0.2) is 4.98 Å². The fourth-order valence-corrected chi connectivity index (χ4v) is 9.96. The van der Waals surface area contributed by atoms with Crippen molar-refractivity contribution < 1.29 is 9.52 Å². The quantitative estimate of drug-likeness (QED) is 0.181. The van der Waals surface area contributed by atoms with E-state index >= 15 is 0 Å². The minimum atomic E-state index is -0.343. The first-order chi connectivity index (χ1) is 33.0. The molecule has 8 aromatic carbocycles. The first kappa shape index (κ1) is 43.8. The fourth-order valence-electron chi connectivity index (χ4n) is 9.96. The summed E-state index contributed by atoms with van der Waals surface area (Å²) in [4.78, 5) is 10.9. The third-order valence-corrected chi connectivity index (χ3v) is 13.8. The lowest BCUT2D eigenvalue weighted by atomic mass is 9.79. The Hall–Kier alpha value is -7.76. The first-order valence-electron chi connectivity index (χ1n) is 24.0. The molecule has 0 bridgehead atoms. The van der Waals surface area contributed by atoms with Crippen molar-refractivity contribution in [1.29, 1.82) is 0 Å². The molecule has 0 aliphatic heterocycles. The van der Waals surface area contributed by atoms with Gasteiger partial charge in [0, 0.05) is 33.8 Å². The summed E-state index contributed by atoms with van der Waals surface area (Å²) in [6.07, 6.45) is 1.85. The number of phenolic OH excluding ortho intramolecular Hbond substituents is 1. The number of rotatable bonds is 6. The molecular formula is C64H57N3O2. The van der Waals surface area contributed by atoms with Gasteiger partial charge in [-0.3, -0.25) is 9.55 Å². The Kier molecular flexibility index (Phi) is 10.3. The van der Waals surface area contributed by atoms with Gasteiger partial charge >= 0.3 is 0 Å². The van der Waals surface area contributed by atoms with Gasteiger partial charge in [-0.2, -0.15) is 0 Å². The summed E-state index contributed by atoms with van der Waals surface area (Å²) in [7, 11) is 0. The molecule has 0 unspecified atom stereocenters. The summed E-state index contributed by atoms with van der Waals surface area (Å²) in [6.45, 7) is 20.0. The largest absolute Gasteiger partial charge is 0.507 e. The van der Waals surface area contributed by atoms with Crippen LogP contribution in [0.2, 0.25) is 0 Å². The van der Waals surface area contributed by atoms with Gasteiger partial charge in [0.15, 0.2) is 0 Å². The number of nitrogens with zero attached hydrogens (tertiary/aromatic N) is 3. The Morgan fingerprint density at radius 2 is 1.12 bits per heavy atom. The van der Waals surface area contributed by atoms with E-state index in [-0.39, 0.29) is 22.0 Å². The van der Waals surface area contributed by atoms with E-state index in [1.807, 2.05) is 12.3 Å². The lowest BCUT2D eigenvalue weighted by molar-refractivity contribution is 0.446. The molecular weight excluding hydrogens is 843 g/mol. The number of furan rings is 1. The van der Waals surface area contributed by atoms with Crippen LogP contribution in [0, 0.1) is 0 Å². The Bertz CT molecular complexity index is 3780. The Labute approximate surface area is 404 Å². The van der Waals surface area contributed by atoms with Crippen molar-refractivity contribution in [3.05, 3.63) is 193 Å². The molecule has 0 amide bonds. The van der Waals surface area contributed by atoms with E-state index in [0.717, 1.165) is 105 Å². The molecule has 0 saturated heterocycles. The highest BCUT2D eigenvalue weighted by Crippen LogP contribution is 2.47. The van der Waals surface area contributed by atoms with Gasteiger partial charge in [0.2, 0.25) is 0 Å². The Morgan fingerprint density at radius 3 is 1.81 bits per heavy atom. The highest BCUT2D eigenvalue weighted by molar-refractivity contribution is 6.15. The van der Waals surface area contributed by atoms with E-state index in [1.54, 1.807) is 0 Å². The average molecular weight is 900 g/mol. The van der Waals surface area contributed by atoms with Crippen LogP contribution in [0.3, 0.4) is 0 Å². The van der Waals surface area contributed by atoms with Crippen LogP contribution in [-0.2, 0) is 16.2 Å². The molecule has 11 aromatic rings. The number of benzene rings is 8. The van der Waals surface area contributed by atoms with Crippen molar-refractivity contribution in [2.24, 2.45) is 0 Å². The van der Waals surface area contributed by atoms with Crippen LogP contribution in [0.5, 0.6) is 5.75 Å². The van der Waals surface area contributed by atoms with Crippen LogP contribution < -0.4 is 0 Å². The van der Waals surface area contributed by atoms with E-state index in [2.05, 4.69) is 231 Å². The predicted molar refractivity (Wildman–Crippen MR) is 289 cm³/mol. The number of aromatic nitrogens is 3. The highest BCUT2D eigenvalue weighted by atomic mass is 16.3. The van der Waals surface area contributed by atoms with Crippen molar-refractivity contribution in [2.75, 3.05) is 0 Å². The summed E-state index contributed by atoms with van der Waals surface area (Å²) in [5.74, 6) is 0.920. The zero-order chi connectivity index (χ0) is 48.0. The van der Waals surface area contributed by atoms with Crippen molar-refractivity contribution in [1.82, 2.24) is 14.5 Å². The Balaban J connectivity index is 1.23. The van der Waals surface area contributed by atoms with Gasteiger partial charge in [0.05, 0.1) is 33.4 Å². The van der Waals surface area contributed by atoms with Gasteiger partial charge < -0.3 is 9.52 Å². The van der Waals surface area contributed by atoms with Gasteiger partial charge in [-0.05, 0) is 121 Å². The summed E-state index contributed by atoms with van der Waals surface area (Å²) in [5.41, 5.74) is 15.8. The van der Waals surface area contributed by atoms with Crippen molar-refractivity contribution in [2.45, 2.75) is 78.6 Å². The highest BCUT2D eigenvalue weighted by Gasteiger charge is 2.30. The average Bonchev–Trinajstić information content (AvgIpc) is 3.91. The number of hydrogen-bond acceptors (Lipinski definition) is 4. The number of para-hydroxylation sites is 1. The molecule has 3 heterocycles. The summed E-state index contributed by atoms with van der Waals surface area (Å²) < 4.78 is 8.86. The first-order valence-corrected chi connectivity index (χ1v) is 24.0. The van der Waals surface area contributed by atoms with Gasteiger partial charge in [-0.1, -0.05) is 172 Å². The molecule has 5 nitrogen and oxygen atoms in total. The minimum absolute atomic E-state index is 0.0901. The Morgan fingerprint density at radius 1 is 0.478 bits per heavy atom. The van der Waals surface area contributed by atoms with E-state index in [4.69, 9.17) is 14.4 Å². The molecule has 1 N–H and O–H groups in total. The van der Waals surface area contributed by atoms with Gasteiger partial charge in [0.1, 0.15) is 22.7 Å². The fraction of sp³-hybridized carbons (Fsp3) is 0.188. The number of imidazole rings is 1. The second-order valence-electron chi connectivity index (χ2n) is 21.7. The maximum absolute atomic E-state index is 12.6. The van der Waals surface area contributed by atoms with E-state index in [0.29, 0.717) is 11.4 Å². The molecule has 11 rings (SSSR count). The van der Waals surface area contributed by atoms with E-state index in [9.17, 15) is 5.11 Å². The minimum Gasteiger partial charge on any atom is -0.507 e. The van der Waals surface area contributed by atoms with Gasteiger partial charge in [-0.15, -0.1) is 0 Å². The van der Waals surface area contributed by atoms with Crippen LogP contribution in [0.1, 0.15) is 79.0 Å². The van der Waals surface area contributed by atoms with Crippen LogP contribution >= 0.6 is 0 Å². The number of aromatic hydroxyl groups is 1. The van der Waals surface area contributed by atoms with Crippen molar-refractivity contribution >= 4 is 43.7 Å². The summed E-state index contributed by atoms with van der Waals surface area (Å²) >= 11 is 0. The number of phenols is 1. The number of hydrogen-bond donors (Lipinski definition) is 1. The maximum atomic E-state index is 12.6. The monoisotopic (exact) mass is 899 g/mol. The molecule has 0 radical (unpaired) electrons. The molecule has 0 fully saturated rings. The van der Waals surface area contributed by atoms with Crippen molar-refractivity contribution in [3.63, 3.8) is 0 Å². The van der Waals surface area contributed by atoms with Crippen LogP contribution in [0.15, 0.2) is 180 Å². The van der Waals surface area contributed by atoms with Crippen molar-refractivity contribution in [3.8, 4) is 67.5 Å². The smallest absolute Gasteiger partial charge is 0.149 e. The standard InChI is InChI=1S/C64H57N3O2/c1-62(2,3)46-27-28-53(49(36-46)40-21-14-11-15-22-40)67-54-26-18-25-48(59(54)66-61(67)51-37-47(63(4,5)6)38-52(60(51)68)64(7,8)9)44-31-43(39-19-12-10-13-20-39)32-45(33-44)58-57-50-34-41-23-16-17-24-42(41)35-56(50)69-55(57)29-30-65-58/h10-38,68H,1-9H3. The maximum Gasteiger partial charge on any atom is 0.149 e. The summed E-state index contributed by atoms with van der Waals surface area (Å²) in [5, 5.41) is 16.9. The molecule has 0 spiro atoms. The van der Waals surface area contributed by atoms with Crippen LogP contribution in [-0.4, -0.2) is 19.6 Å². The molecule has 0 aliphatic rings. The molecule has 340 valence electrons. The molecule has 0 aliphatic carbocycles. The van der Waals surface area contributed by atoms with Crippen LogP contribution in [0.4, 0.5) is 0 Å². The predicted octanol–water partition coefficient (Wildman–Crippen LogP) is 17.4. The van der Waals surface area contributed by atoms with Gasteiger partial charge in [0.25, 0.3) is 0 Å². The lowest BCUT2D eigenvalue weighted by Crippen LogP contribution is -2.17. The number of pyridine rings is 1. The normalized spacial score (nSPS) is 12.5. The topological polar surface area (TPSA) is 64.1 Å². The third-order valence-electron chi connectivity index (χ3n) is 13.8. The third kappa shape index (κ3) is 7.76. The zero-order valence-electron chi connectivity index (χ0n) is 40.9. The molecule has 0 atom stereocenters. The van der Waals surface area contributed by atoms with E-state index < -0.39 is 0 Å². The van der Waals surface area contributed by atoms with Crippen LogP contribution in [0.25, 0.3) is 105 Å². The SMILES string of the molecule is CC(C)(C)c1ccc(-n2c(-c3cc(C(C)(C)C)cc(C(C)(C)C)c3O)nc3c(-c4cc(-c5ccccc5)cc(-c5nccc6oc7cc8ccccc8cc7c56)c4)cccc32)c(-c2ccccc2)c1. The number of fused-ring (bicyclic) bond motifs is 5. The molecule has 0 saturated carbocycles. The molecule has 3 aromatic heterocycles. The second kappa shape index (κ2) is 16.2. The summed E-state index contributed by atoms with van der Waals surface area (Å²) in [6, 6.07) is 60.4. The zero-order valence-corrected chi connectivity index (χ0v) is 40.9.